The lowest BCUT2D eigenvalue weighted by Crippen LogP contribution is -2.11. The average molecular weight is 282 g/mol. The maximum Gasteiger partial charge on any atom is 0.338 e. The van der Waals surface area contributed by atoms with Gasteiger partial charge in [0.05, 0.1) is 16.6 Å². The lowest BCUT2D eigenvalue weighted by atomic mass is 10.1. The number of rotatable bonds is 5. The van der Waals surface area contributed by atoms with Gasteiger partial charge in [0, 0.05) is 6.54 Å². The Morgan fingerprint density at radius 2 is 2.20 bits per heavy atom. The Hall–Kier alpha value is -2.18. The molecule has 20 heavy (non-hydrogen) atoms. The highest BCUT2D eigenvalue weighted by Gasteiger charge is 2.45. The second-order valence-electron chi connectivity index (χ2n) is 5.68. The third kappa shape index (κ3) is 2.71. The summed E-state index contributed by atoms with van der Waals surface area (Å²) in [4.78, 5) is 21.0. The number of anilines is 1. The normalized spacial score (nSPS) is 19.4. The molecule has 1 aromatic carbocycles. The van der Waals surface area contributed by atoms with E-state index in [4.69, 9.17) is 5.11 Å². The molecule has 1 saturated carbocycles. The first-order chi connectivity index (χ1) is 9.22. The van der Waals surface area contributed by atoms with Crippen molar-refractivity contribution >= 4 is 17.3 Å². The average Bonchev–Trinajstić information content (AvgIpc) is 2.94. The van der Waals surface area contributed by atoms with E-state index in [1.807, 2.05) is 0 Å². The number of halogens is 1. The number of hydrogen-bond donors (Lipinski definition) is 2. The van der Waals surface area contributed by atoms with Gasteiger partial charge in [-0.15, -0.1) is 0 Å². The molecule has 2 rings (SSSR count). The fraction of sp³-hybridized carbons (Fsp3) is 0.462. The zero-order valence-electron chi connectivity index (χ0n) is 11.1. The van der Waals surface area contributed by atoms with Crippen molar-refractivity contribution in [2.75, 3.05) is 11.9 Å². The summed E-state index contributed by atoms with van der Waals surface area (Å²) in [5.41, 5.74) is -0.798. The van der Waals surface area contributed by atoms with Crippen molar-refractivity contribution in [3.8, 4) is 0 Å². The molecule has 0 radical (unpaired) electrons. The maximum atomic E-state index is 13.5. The van der Waals surface area contributed by atoms with E-state index in [-0.39, 0.29) is 11.1 Å². The highest BCUT2D eigenvalue weighted by molar-refractivity contribution is 5.90. The molecule has 1 unspecified atom stereocenters. The van der Waals surface area contributed by atoms with Crippen LogP contribution in [0.3, 0.4) is 0 Å². The van der Waals surface area contributed by atoms with Crippen LogP contribution in [0.4, 0.5) is 15.8 Å². The van der Waals surface area contributed by atoms with Gasteiger partial charge in [-0.3, -0.25) is 10.1 Å². The van der Waals surface area contributed by atoms with E-state index in [9.17, 15) is 19.3 Å². The smallest absolute Gasteiger partial charge is 0.338 e. The lowest BCUT2D eigenvalue weighted by Gasteiger charge is -2.09. The number of carboxylic acid groups (broad SMARTS) is 1. The van der Waals surface area contributed by atoms with Gasteiger partial charge in [-0.05, 0) is 23.8 Å². The van der Waals surface area contributed by atoms with E-state index >= 15 is 0 Å². The largest absolute Gasteiger partial charge is 0.478 e. The van der Waals surface area contributed by atoms with E-state index in [1.165, 1.54) is 0 Å². The van der Waals surface area contributed by atoms with Gasteiger partial charge in [0.1, 0.15) is 11.5 Å². The predicted octanol–water partition coefficient (Wildman–Crippen LogP) is 2.89. The summed E-state index contributed by atoms with van der Waals surface area (Å²) in [5, 5.41) is 22.6. The molecule has 2 N–H and O–H groups in total. The zero-order valence-corrected chi connectivity index (χ0v) is 11.1. The van der Waals surface area contributed by atoms with Crippen LogP contribution in [0.5, 0.6) is 0 Å². The first kappa shape index (κ1) is 14.2. The molecule has 1 aliphatic rings. The predicted molar refractivity (Wildman–Crippen MR) is 70.4 cm³/mol. The Kier molecular flexibility index (Phi) is 3.37. The topological polar surface area (TPSA) is 92.5 Å². The maximum absolute atomic E-state index is 13.5. The lowest BCUT2D eigenvalue weighted by molar-refractivity contribution is -0.384. The second-order valence-corrected chi connectivity index (χ2v) is 5.68. The van der Waals surface area contributed by atoms with Crippen molar-refractivity contribution in [2.24, 2.45) is 11.3 Å². The van der Waals surface area contributed by atoms with Gasteiger partial charge in [0.25, 0.3) is 5.69 Å². The molecule has 7 heteroatoms. The molecule has 0 aromatic heterocycles. The van der Waals surface area contributed by atoms with Crippen LogP contribution >= 0.6 is 0 Å². The number of hydrogen-bond acceptors (Lipinski definition) is 4. The van der Waals surface area contributed by atoms with Crippen LogP contribution in [0.15, 0.2) is 12.1 Å². The first-order valence-corrected chi connectivity index (χ1v) is 6.17. The molecule has 0 amide bonds. The van der Waals surface area contributed by atoms with Crippen LogP contribution in [-0.4, -0.2) is 22.5 Å². The molecule has 0 saturated heterocycles. The molecule has 108 valence electrons. The van der Waals surface area contributed by atoms with Crippen LogP contribution in [0.1, 0.15) is 30.6 Å². The summed E-state index contributed by atoms with van der Waals surface area (Å²) in [5.74, 6) is -2.19. The van der Waals surface area contributed by atoms with Crippen molar-refractivity contribution in [3.63, 3.8) is 0 Å². The molecular formula is C13H15FN2O4. The third-order valence-corrected chi connectivity index (χ3v) is 3.77. The number of carbonyl (C=O) groups is 1. The van der Waals surface area contributed by atoms with Crippen LogP contribution in [0.25, 0.3) is 0 Å². The fourth-order valence-corrected chi connectivity index (χ4v) is 2.18. The van der Waals surface area contributed by atoms with Gasteiger partial charge in [-0.25, -0.2) is 9.18 Å². The second kappa shape index (κ2) is 4.73. The van der Waals surface area contributed by atoms with E-state index in [2.05, 4.69) is 19.2 Å². The summed E-state index contributed by atoms with van der Waals surface area (Å²) in [6.07, 6.45) is 1.00. The minimum atomic E-state index is -1.45. The number of aromatic carboxylic acids is 1. The van der Waals surface area contributed by atoms with Gasteiger partial charge in [0.2, 0.25) is 0 Å². The minimum absolute atomic E-state index is 0.0384. The monoisotopic (exact) mass is 282 g/mol. The molecule has 6 nitrogen and oxygen atoms in total. The molecule has 1 aliphatic carbocycles. The van der Waals surface area contributed by atoms with Gasteiger partial charge in [-0.1, -0.05) is 13.8 Å². The zero-order chi connectivity index (χ0) is 15.1. The molecule has 1 atom stereocenters. The standard InChI is InChI=1S/C13H15FN2O4/c1-13(2)5-7(13)6-15-10-3-8(12(17)18)9(14)4-11(10)16(19)20/h3-4,7,15H,5-6H2,1-2H3,(H,17,18). The number of benzene rings is 1. The van der Waals surface area contributed by atoms with E-state index in [0.717, 1.165) is 12.5 Å². The summed E-state index contributed by atoms with van der Waals surface area (Å²) < 4.78 is 13.5. The number of carboxylic acids is 1. The molecule has 0 aliphatic heterocycles. The Morgan fingerprint density at radius 1 is 1.60 bits per heavy atom. The van der Waals surface area contributed by atoms with E-state index in [0.29, 0.717) is 18.5 Å². The third-order valence-electron chi connectivity index (χ3n) is 3.77. The van der Waals surface area contributed by atoms with Crippen molar-refractivity contribution in [1.29, 1.82) is 0 Å². The fourth-order valence-electron chi connectivity index (χ4n) is 2.18. The summed E-state index contributed by atoms with van der Waals surface area (Å²) in [6, 6.07) is 1.62. The molecule has 1 fully saturated rings. The number of nitrogens with zero attached hydrogens (tertiary/aromatic N) is 1. The molecular weight excluding hydrogens is 267 g/mol. The Morgan fingerprint density at radius 3 is 2.65 bits per heavy atom. The SMILES string of the molecule is CC1(C)CC1CNc1cc(C(=O)O)c(F)cc1[N+](=O)[O-]. The van der Waals surface area contributed by atoms with Crippen LogP contribution in [-0.2, 0) is 0 Å². The summed E-state index contributed by atoms with van der Waals surface area (Å²) in [6.45, 7) is 4.67. The molecule has 0 spiro atoms. The molecule has 0 bridgehead atoms. The van der Waals surface area contributed by atoms with Crippen molar-refractivity contribution in [1.82, 2.24) is 0 Å². The van der Waals surface area contributed by atoms with Crippen LogP contribution in [0, 0.1) is 27.3 Å². The van der Waals surface area contributed by atoms with Crippen molar-refractivity contribution in [3.05, 3.63) is 33.6 Å². The highest BCUT2D eigenvalue weighted by atomic mass is 19.1. The Bertz CT molecular complexity index is 586. The molecule has 1 aromatic rings. The van der Waals surface area contributed by atoms with Crippen molar-refractivity contribution < 1.29 is 19.2 Å². The van der Waals surface area contributed by atoms with Crippen LogP contribution in [0.2, 0.25) is 0 Å². The molecule has 0 heterocycles. The Labute approximate surface area is 114 Å². The van der Waals surface area contributed by atoms with E-state index in [1.54, 1.807) is 0 Å². The minimum Gasteiger partial charge on any atom is -0.478 e. The number of nitrogens with one attached hydrogen (secondary N) is 1. The van der Waals surface area contributed by atoms with Gasteiger partial charge < -0.3 is 10.4 Å². The van der Waals surface area contributed by atoms with Gasteiger partial charge >= 0.3 is 5.97 Å². The summed E-state index contributed by atoms with van der Waals surface area (Å²) >= 11 is 0. The number of nitro groups is 1. The summed E-state index contributed by atoms with van der Waals surface area (Å²) in [7, 11) is 0. The first-order valence-electron chi connectivity index (χ1n) is 6.17. The number of nitro benzene ring substituents is 1. The van der Waals surface area contributed by atoms with Gasteiger partial charge in [-0.2, -0.15) is 0 Å². The van der Waals surface area contributed by atoms with Crippen LogP contribution < -0.4 is 5.32 Å². The Balaban J connectivity index is 2.26. The highest BCUT2D eigenvalue weighted by Crippen LogP contribution is 2.51. The quantitative estimate of drug-likeness (QED) is 0.640. The van der Waals surface area contributed by atoms with Crippen molar-refractivity contribution in [2.45, 2.75) is 20.3 Å². The van der Waals surface area contributed by atoms with Gasteiger partial charge in [0.15, 0.2) is 0 Å². The van der Waals surface area contributed by atoms with E-state index < -0.39 is 28.0 Å².